The van der Waals surface area contributed by atoms with E-state index in [2.05, 4.69) is 30.8 Å². The predicted octanol–water partition coefficient (Wildman–Crippen LogP) is 3.28. The average Bonchev–Trinajstić information content (AvgIpc) is 2.17. The minimum Gasteiger partial charge on any atom is -0.0985 e. The Morgan fingerprint density at radius 1 is 1.25 bits per heavy atom. The van der Waals surface area contributed by atoms with E-state index in [4.69, 9.17) is 0 Å². The van der Waals surface area contributed by atoms with Gasteiger partial charge in [-0.1, -0.05) is 43.0 Å². The fourth-order valence-electron chi connectivity index (χ4n) is 1.27. The van der Waals surface area contributed by atoms with Crippen molar-refractivity contribution >= 4 is 16.8 Å². The summed E-state index contributed by atoms with van der Waals surface area (Å²) in [6.07, 6.45) is 1.85. The van der Waals surface area contributed by atoms with Gasteiger partial charge < -0.3 is 0 Å². The fourth-order valence-corrected chi connectivity index (χ4v) is 1.27. The van der Waals surface area contributed by atoms with E-state index in [0.29, 0.717) is 0 Å². The highest BCUT2D eigenvalue weighted by Gasteiger charge is 1.91. The molecule has 2 aromatic rings. The van der Waals surface area contributed by atoms with E-state index in [9.17, 15) is 0 Å². The molecule has 57 valence electrons. The molecule has 0 bridgehead atoms. The molecule has 0 spiro atoms. The van der Waals surface area contributed by atoms with Crippen molar-refractivity contribution in [2.45, 2.75) is 0 Å². The molecule has 0 heterocycles. The van der Waals surface area contributed by atoms with Gasteiger partial charge in [-0.2, -0.15) is 0 Å². The van der Waals surface area contributed by atoms with Crippen LogP contribution in [0.5, 0.6) is 0 Å². The van der Waals surface area contributed by atoms with Gasteiger partial charge in [0.1, 0.15) is 0 Å². The second-order valence-corrected chi connectivity index (χ2v) is 2.72. The summed E-state index contributed by atoms with van der Waals surface area (Å²) in [7, 11) is 0. The van der Waals surface area contributed by atoms with Gasteiger partial charge >= 0.3 is 0 Å². The van der Waals surface area contributed by atoms with Gasteiger partial charge in [0.05, 0.1) is 0 Å². The maximum atomic E-state index is 3.73. The summed E-state index contributed by atoms with van der Waals surface area (Å²) in [4.78, 5) is 0. The van der Waals surface area contributed by atoms with Crippen LogP contribution >= 0.6 is 0 Å². The molecule has 0 unspecified atom stereocenters. The maximum absolute atomic E-state index is 3.73. The SMILES string of the molecule is C=Cc1ccc2[c]cccc2c1. The molecule has 2 rings (SSSR count). The maximum Gasteiger partial charge on any atom is -0.00992 e. The number of hydrogen-bond donors (Lipinski definition) is 0. The molecule has 0 aromatic heterocycles. The zero-order valence-electron chi connectivity index (χ0n) is 6.75. The monoisotopic (exact) mass is 153 g/mol. The van der Waals surface area contributed by atoms with Crippen molar-refractivity contribution in [2.24, 2.45) is 0 Å². The van der Waals surface area contributed by atoms with Crippen molar-refractivity contribution in [3.63, 3.8) is 0 Å². The summed E-state index contributed by atoms with van der Waals surface area (Å²) >= 11 is 0. The topological polar surface area (TPSA) is 0 Å². The highest BCUT2D eigenvalue weighted by atomic mass is 14.0. The molecule has 0 saturated carbocycles. The van der Waals surface area contributed by atoms with Gasteiger partial charge in [0.2, 0.25) is 0 Å². The van der Waals surface area contributed by atoms with Gasteiger partial charge in [-0.25, -0.2) is 0 Å². The predicted molar refractivity (Wildman–Crippen MR) is 52.9 cm³/mol. The van der Waals surface area contributed by atoms with Gasteiger partial charge in [0, 0.05) is 0 Å². The molecular weight excluding hydrogens is 144 g/mol. The molecule has 0 aliphatic heterocycles. The van der Waals surface area contributed by atoms with E-state index in [1.54, 1.807) is 0 Å². The smallest absolute Gasteiger partial charge is 0.00992 e. The molecule has 0 N–H and O–H groups in total. The summed E-state index contributed by atoms with van der Waals surface area (Å²) in [5.41, 5.74) is 1.15. The third kappa shape index (κ3) is 1.12. The fraction of sp³-hybridized carbons (Fsp3) is 0. The minimum atomic E-state index is 1.15. The zero-order valence-corrected chi connectivity index (χ0v) is 6.75. The van der Waals surface area contributed by atoms with E-state index < -0.39 is 0 Å². The largest absolute Gasteiger partial charge is 0.0985 e. The highest BCUT2D eigenvalue weighted by Crippen LogP contribution is 2.15. The Morgan fingerprint density at radius 3 is 3.00 bits per heavy atom. The molecule has 0 aliphatic rings. The molecule has 0 amide bonds. The quantitative estimate of drug-likeness (QED) is 0.589. The standard InChI is InChI=1S/C12H9/c1-2-10-7-8-11-5-3-4-6-12(11)9-10/h2-4,6-9H,1H2. The van der Waals surface area contributed by atoms with Crippen molar-refractivity contribution in [3.05, 3.63) is 54.6 Å². The van der Waals surface area contributed by atoms with Crippen molar-refractivity contribution in [1.29, 1.82) is 0 Å². The van der Waals surface area contributed by atoms with Gasteiger partial charge in [-0.3, -0.25) is 0 Å². The minimum absolute atomic E-state index is 1.15. The van der Waals surface area contributed by atoms with E-state index in [1.807, 2.05) is 24.3 Å². The van der Waals surface area contributed by atoms with Gasteiger partial charge in [-0.15, -0.1) is 0 Å². The average molecular weight is 153 g/mol. The van der Waals surface area contributed by atoms with Gasteiger partial charge in [-0.05, 0) is 28.5 Å². The molecular formula is C12H9. The van der Waals surface area contributed by atoms with Crippen LogP contribution in [0.1, 0.15) is 5.56 Å². The van der Waals surface area contributed by atoms with Crippen LogP contribution in [0.3, 0.4) is 0 Å². The van der Waals surface area contributed by atoms with Crippen LogP contribution in [0.15, 0.2) is 43.0 Å². The summed E-state index contributed by atoms with van der Waals surface area (Å²) in [5.74, 6) is 0. The van der Waals surface area contributed by atoms with E-state index in [-0.39, 0.29) is 0 Å². The molecule has 0 fully saturated rings. The Labute approximate surface area is 72.2 Å². The van der Waals surface area contributed by atoms with E-state index >= 15 is 0 Å². The normalized spacial score (nSPS) is 10.0. The molecule has 12 heavy (non-hydrogen) atoms. The second kappa shape index (κ2) is 2.82. The van der Waals surface area contributed by atoms with Gasteiger partial charge in [0.15, 0.2) is 0 Å². The number of fused-ring (bicyclic) bond motifs is 1. The number of benzene rings is 2. The number of rotatable bonds is 1. The molecule has 0 aliphatic carbocycles. The Bertz CT molecular complexity index is 413. The first-order valence-electron chi connectivity index (χ1n) is 3.93. The molecule has 2 aromatic carbocycles. The van der Waals surface area contributed by atoms with Gasteiger partial charge in [0.25, 0.3) is 0 Å². The first-order chi connectivity index (χ1) is 5.90. The van der Waals surface area contributed by atoms with Crippen molar-refractivity contribution in [1.82, 2.24) is 0 Å². The van der Waals surface area contributed by atoms with Crippen LogP contribution in [0.4, 0.5) is 0 Å². The molecule has 1 radical (unpaired) electrons. The third-order valence-electron chi connectivity index (χ3n) is 1.92. The van der Waals surface area contributed by atoms with Crippen LogP contribution in [0.2, 0.25) is 0 Å². The summed E-state index contributed by atoms with van der Waals surface area (Å²) in [6.45, 7) is 3.73. The molecule has 0 nitrogen and oxygen atoms in total. The lowest BCUT2D eigenvalue weighted by molar-refractivity contribution is 1.70. The van der Waals surface area contributed by atoms with Crippen LogP contribution < -0.4 is 0 Å². The summed E-state index contributed by atoms with van der Waals surface area (Å²) in [6, 6.07) is 15.4. The van der Waals surface area contributed by atoms with Crippen LogP contribution in [0.25, 0.3) is 16.8 Å². The first kappa shape index (κ1) is 7.11. The lowest BCUT2D eigenvalue weighted by Crippen LogP contribution is -1.73. The van der Waals surface area contributed by atoms with Crippen molar-refractivity contribution in [2.75, 3.05) is 0 Å². The summed E-state index contributed by atoms with van der Waals surface area (Å²) < 4.78 is 0. The Morgan fingerprint density at radius 2 is 2.17 bits per heavy atom. The second-order valence-electron chi connectivity index (χ2n) is 2.72. The lowest BCUT2D eigenvalue weighted by atomic mass is 10.1. The summed E-state index contributed by atoms with van der Waals surface area (Å²) in [5, 5.41) is 2.37. The van der Waals surface area contributed by atoms with E-state index in [0.717, 1.165) is 10.9 Å². The Kier molecular flexibility index (Phi) is 1.67. The van der Waals surface area contributed by atoms with Crippen LogP contribution in [-0.2, 0) is 0 Å². The van der Waals surface area contributed by atoms with Crippen molar-refractivity contribution in [3.8, 4) is 0 Å². The molecule has 0 heteroatoms. The van der Waals surface area contributed by atoms with E-state index in [1.165, 1.54) is 5.39 Å². The lowest BCUT2D eigenvalue weighted by Gasteiger charge is -1.97. The zero-order chi connectivity index (χ0) is 8.39. The highest BCUT2D eigenvalue weighted by molar-refractivity contribution is 5.83. The Balaban J connectivity index is 2.75. The van der Waals surface area contributed by atoms with Crippen LogP contribution in [0, 0.1) is 6.07 Å². The third-order valence-corrected chi connectivity index (χ3v) is 1.92. The molecule has 0 saturated heterocycles. The molecule has 0 atom stereocenters. The Hall–Kier alpha value is -1.56. The first-order valence-corrected chi connectivity index (χ1v) is 3.93. The van der Waals surface area contributed by atoms with Crippen molar-refractivity contribution < 1.29 is 0 Å². The van der Waals surface area contributed by atoms with Crippen LogP contribution in [-0.4, -0.2) is 0 Å². The number of hydrogen-bond acceptors (Lipinski definition) is 0.